The fourth-order valence-electron chi connectivity index (χ4n) is 2.25. The molecular formula is C17H23ClN4O3S. The number of nitrogens with one attached hydrogen (secondary N) is 1. The van der Waals surface area contributed by atoms with Crippen LogP contribution in [-0.4, -0.2) is 60.4 Å². The molecule has 9 heteroatoms. The molecule has 1 amide bonds. The number of thioether (sulfide) groups is 1. The molecule has 0 radical (unpaired) electrons. The Labute approximate surface area is 162 Å². The van der Waals surface area contributed by atoms with Crippen LogP contribution >= 0.6 is 23.4 Å². The lowest BCUT2D eigenvalue weighted by atomic mass is 10.2. The molecule has 0 saturated heterocycles. The smallest absolute Gasteiger partial charge is 0.230 e. The van der Waals surface area contributed by atoms with E-state index in [4.69, 9.17) is 21.1 Å². The zero-order valence-electron chi connectivity index (χ0n) is 14.9. The van der Waals surface area contributed by atoms with Crippen molar-refractivity contribution in [3.8, 4) is 11.4 Å². The van der Waals surface area contributed by atoms with Gasteiger partial charge in [0.15, 0.2) is 11.0 Å². The molecule has 0 atom stereocenters. The molecule has 1 N–H and O–H groups in total. The Morgan fingerprint density at radius 3 is 2.62 bits per heavy atom. The first kappa shape index (κ1) is 20.7. The summed E-state index contributed by atoms with van der Waals surface area (Å²) in [5, 5.41) is 12.7. The van der Waals surface area contributed by atoms with Crippen LogP contribution in [0.1, 0.15) is 6.42 Å². The number of amides is 1. The molecule has 0 aliphatic rings. The minimum absolute atomic E-state index is 0.0634. The third-order valence-corrected chi connectivity index (χ3v) is 4.73. The fraction of sp³-hybridized carbons (Fsp3) is 0.471. The van der Waals surface area contributed by atoms with Crippen molar-refractivity contribution < 1.29 is 14.3 Å². The van der Waals surface area contributed by atoms with Gasteiger partial charge >= 0.3 is 0 Å². The number of methoxy groups -OCH3 is 2. The van der Waals surface area contributed by atoms with Crippen LogP contribution < -0.4 is 5.32 Å². The summed E-state index contributed by atoms with van der Waals surface area (Å²) in [5.41, 5.74) is 0.927. The molecule has 0 unspecified atom stereocenters. The average Bonchev–Trinajstić information content (AvgIpc) is 3.04. The summed E-state index contributed by atoms with van der Waals surface area (Å²) >= 11 is 7.33. The SMILES string of the molecule is COCCCn1c(SCC(=O)NCCOC)nnc1-c1ccc(Cl)cc1. The van der Waals surface area contributed by atoms with Crippen molar-refractivity contribution in [2.24, 2.45) is 0 Å². The first-order chi connectivity index (χ1) is 12.7. The van der Waals surface area contributed by atoms with Crippen molar-refractivity contribution in [2.45, 2.75) is 18.1 Å². The van der Waals surface area contributed by atoms with Crippen LogP contribution in [0.25, 0.3) is 11.4 Å². The molecule has 0 aliphatic heterocycles. The maximum absolute atomic E-state index is 11.9. The third kappa shape index (κ3) is 6.28. The van der Waals surface area contributed by atoms with Gasteiger partial charge in [0.25, 0.3) is 0 Å². The van der Waals surface area contributed by atoms with E-state index in [0.29, 0.717) is 36.5 Å². The zero-order chi connectivity index (χ0) is 18.8. The van der Waals surface area contributed by atoms with Gasteiger partial charge in [-0.25, -0.2) is 0 Å². The molecule has 0 saturated carbocycles. The molecule has 1 aromatic carbocycles. The summed E-state index contributed by atoms with van der Waals surface area (Å²) in [6.45, 7) is 2.32. The van der Waals surface area contributed by atoms with E-state index < -0.39 is 0 Å². The Hall–Kier alpha value is -1.61. The molecule has 1 aromatic heterocycles. The molecule has 26 heavy (non-hydrogen) atoms. The molecule has 0 aliphatic carbocycles. The van der Waals surface area contributed by atoms with Crippen LogP contribution in [-0.2, 0) is 20.8 Å². The summed E-state index contributed by atoms with van der Waals surface area (Å²) in [7, 11) is 3.27. The Kier molecular flexibility index (Phi) is 8.90. The molecule has 142 valence electrons. The van der Waals surface area contributed by atoms with Gasteiger partial charge in [-0.3, -0.25) is 4.79 Å². The number of nitrogens with zero attached hydrogens (tertiary/aromatic N) is 3. The molecule has 0 fully saturated rings. The number of aromatic nitrogens is 3. The molecule has 0 bridgehead atoms. The number of rotatable bonds is 11. The van der Waals surface area contributed by atoms with Gasteiger partial charge in [0.1, 0.15) is 0 Å². The highest BCUT2D eigenvalue weighted by molar-refractivity contribution is 7.99. The number of benzene rings is 1. The van der Waals surface area contributed by atoms with Crippen molar-refractivity contribution >= 4 is 29.3 Å². The Morgan fingerprint density at radius 1 is 1.19 bits per heavy atom. The standard InChI is InChI=1S/C17H23ClN4O3S/c1-24-10-3-9-22-16(13-4-6-14(18)7-5-13)20-21-17(22)26-12-15(23)19-8-11-25-2/h4-7H,3,8-12H2,1-2H3,(H,19,23). The van der Waals surface area contributed by atoms with Crippen molar-refractivity contribution in [1.82, 2.24) is 20.1 Å². The van der Waals surface area contributed by atoms with Gasteiger partial charge in [-0.15, -0.1) is 10.2 Å². The third-order valence-electron chi connectivity index (χ3n) is 3.51. The van der Waals surface area contributed by atoms with Crippen LogP contribution in [0.2, 0.25) is 5.02 Å². The van der Waals surface area contributed by atoms with E-state index >= 15 is 0 Å². The second-order valence-corrected chi connectivity index (χ2v) is 6.82. The van der Waals surface area contributed by atoms with Gasteiger partial charge in [-0.2, -0.15) is 0 Å². The second kappa shape index (κ2) is 11.2. The van der Waals surface area contributed by atoms with Crippen LogP contribution in [0.4, 0.5) is 0 Å². The lowest BCUT2D eigenvalue weighted by Crippen LogP contribution is -2.28. The zero-order valence-corrected chi connectivity index (χ0v) is 16.5. The Bertz CT molecular complexity index is 694. The van der Waals surface area contributed by atoms with E-state index in [9.17, 15) is 4.79 Å². The summed E-state index contributed by atoms with van der Waals surface area (Å²) in [4.78, 5) is 11.9. The van der Waals surface area contributed by atoms with E-state index in [2.05, 4.69) is 15.5 Å². The number of hydrogen-bond donors (Lipinski definition) is 1. The van der Waals surface area contributed by atoms with Crippen molar-refractivity contribution in [2.75, 3.05) is 39.7 Å². The number of halogens is 1. The van der Waals surface area contributed by atoms with E-state index in [1.54, 1.807) is 14.2 Å². The molecule has 1 heterocycles. The number of carbonyl (C=O) groups excluding carboxylic acids is 1. The van der Waals surface area contributed by atoms with Crippen LogP contribution in [0.3, 0.4) is 0 Å². The maximum Gasteiger partial charge on any atom is 0.230 e. The maximum atomic E-state index is 11.9. The van der Waals surface area contributed by atoms with Crippen LogP contribution in [0.15, 0.2) is 29.4 Å². The lowest BCUT2D eigenvalue weighted by molar-refractivity contribution is -0.118. The van der Waals surface area contributed by atoms with E-state index in [0.717, 1.165) is 17.8 Å². The van der Waals surface area contributed by atoms with Gasteiger partial charge in [0, 0.05) is 44.5 Å². The monoisotopic (exact) mass is 398 g/mol. The average molecular weight is 399 g/mol. The molecule has 2 rings (SSSR count). The minimum atomic E-state index is -0.0634. The largest absolute Gasteiger partial charge is 0.385 e. The van der Waals surface area contributed by atoms with E-state index in [-0.39, 0.29) is 11.7 Å². The minimum Gasteiger partial charge on any atom is -0.385 e. The number of carbonyl (C=O) groups is 1. The highest BCUT2D eigenvalue weighted by atomic mass is 35.5. The number of hydrogen-bond acceptors (Lipinski definition) is 6. The Morgan fingerprint density at radius 2 is 1.92 bits per heavy atom. The molecular weight excluding hydrogens is 376 g/mol. The highest BCUT2D eigenvalue weighted by Gasteiger charge is 2.15. The van der Waals surface area contributed by atoms with Crippen LogP contribution in [0.5, 0.6) is 0 Å². The van der Waals surface area contributed by atoms with Gasteiger partial charge < -0.3 is 19.4 Å². The lowest BCUT2D eigenvalue weighted by Gasteiger charge is -2.10. The topological polar surface area (TPSA) is 78.3 Å². The highest BCUT2D eigenvalue weighted by Crippen LogP contribution is 2.25. The van der Waals surface area contributed by atoms with Crippen molar-refractivity contribution in [1.29, 1.82) is 0 Å². The van der Waals surface area contributed by atoms with Crippen molar-refractivity contribution in [3.05, 3.63) is 29.3 Å². The normalized spacial score (nSPS) is 10.9. The predicted octanol–water partition coefficient (Wildman–Crippen LogP) is 2.49. The van der Waals surface area contributed by atoms with Gasteiger partial charge in [0.2, 0.25) is 5.91 Å². The summed E-state index contributed by atoms with van der Waals surface area (Å²) in [6, 6.07) is 7.46. The summed E-state index contributed by atoms with van der Waals surface area (Å²) in [5.74, 6) is 0.957. The predicted molar refractivity (Wildman–Crippen MR) is 103 cm³/mol. The van der Waals surface area contributed by atoms with E-state index in [1.807, 2.05) is 28.8 Å². The summed E-state index contributed by atoms with van der Waals surface area (Å²) in [6.07, 6.45) is 0.822. The fourth-order valence-corrected chi connectivity index (χ4v) is 3.17. The number of ether oxygens (including phenoxy) is 2. The van der Waals surface area contributed by atoms with E-state index in [1.165, 1.54) is 11.8 Å². The Balaban J connectivity index is 2.09. The quantitative estimate of drug-likeness (QED) is 0.463. The first-order valence-corrected chi connectivity index (χ1v) is 9.58. The second-order valence-electron chi connectivity index (χ2n) is 5.44. The molecule has 0 spiro atoms. The van der Waals surface area contributed by atoms with Crippen molar-refractivity contribution in [3.63, 3.8) is 0 Å². The first-order valence-electron chi connectivity index (χ1n) is 8.22. The molecule has 7 nitrogen and oxygen atoms in total. The van der Waals surface area contributed by atoms with Gasteiger partial charge in [0.05, 0.1) is 12.4 Å². The van der Waals surface area contributed by atoms with Gasteiger partial charge in [-0.05, 0) is 30.7 Å². The van der Waals surface area contributed by atoms with Gasteiger partial charge in [-0.1, -0.05) is 23.4 Å². The summed E-state index contributed by atoms with van der Waals surface area (Å²) < 4.78 is 12.1. The van der Waals surface area contributed by atoms with Crippen LogP contribution in [0, 0.1) is 0 Å². The molecule has 2 aromatic rings.